The molecule has 0 radical (unpaired) electrons. The number of hydrogen-bond acceptors (Lipinski definition) is 1. The van der Waals surface area contributed by atoms with Crippen LogP contribution in [0.2, 0.25) is 39.3 Å². The van der Waals surface area contributed by atoms with E-state index in [0.717, 1.165) is 11.5 Å². The summed E-state index contributed by atoms with van der Waals surface area (Å²) in [5.74, 6) is 1.88. The number of aromatic nitrogens is 4. The van der Waals surface area contributed by atoms with Gasteiger partial charge in [-0.1, -0.05) is 75.7 Å². The van der Waals surface area contributed by atoms with E-state index in [4.69, 9.17) is 4.74 Å². The van der Waals surface area contributed by atoms with E-state index in [-0.39, 0.29) is 0 Å². The zero-order chi connectivity index (χ0) is 32.2. The molecule has 0 N–H and O–H groups in total. The van der Waals surface area contributed by atoms with E-state index in [1.165, 1.54) is 88.1 Å². The summed E-state index contributed by atoms with van der Waals surface area (Å²) in [5.41, 5.74) is 12.0. The van der Waals surface area contributed by atoms with Crippen molar-refractivity contribution in [2.45, 2.75) is 44.9 Å². The smallest absolute Gasteiger partial charge is 0.323 e. The standard InChI is InChI=1S/C41H34N4OSi2/c1-47(2,3)33-21-29-30-22-34(48(4,5)6)36-24-14-8-10-16-26(24)43-28-18-12-20-32-38(28)41(45(30)40(36)43)37-27(17-11-19-31(37)46-32)42-25-15-9-7-13-23(25)35(33)39(42)44(29)41/h7-22H,1-6H3/q+2. The van der Waals surface area contributed by atoms with Gasteiger partial charge in [-0.25, -0.2) is 0 Å². The number of rotatable bonds is 2. The van der Waals surface area contributed by atoms with Crippen molar-refractivity contribution in [3.05, 3.63) is 108 Å². The monoisotopic (exact) mass is 654 g/mol. The SMILES string of the molecule is C[Si](C)(C)c1cc2[n+]3c4c1c1ccccc1n4-c1cccc4c1C31c3c(cccc3-n3c5ccccc5c5c([Si](C)(C)C)cc-2[n+]1c53)O4. The summed E-state index contributed by atoms with van der Waals surface area (Å²) in [5, 5.41) is 8.53. The molecule has 0 bridgehead atoms. The molecule has 0 saturated carbocycles. The van der Waals surface area contributed by atoms with Crippen LogP contribution in [-0.4, -0.2) is 25.3 Å². The Bertz CT molecular complexity index is 2700. The Morgan fingerprint density at radius 2 is 0.979 bits per heavy atom. The normalized spacial score (nSPS) is 15.6. The van der Waals surface area contributed by atoms with Crippen LogP contribution < -0.4 is 24.2 Å². The first kappa shape index (κ1) is 26.0. The van der Waals surface area contributed by atoms with E-state index in [2.05, 4.69) is 155 Å². The van der Waals surface area contributed by atoms with Gasteiger partial charge in [-0.05, 0) is 71.0 Å². The van der Waals surface area contributed by atoms with Crippen molar-refractivity contribution in [2.75, 3.05) is 0 Å². The van der Waals surface area contributed by atoms with Gasteiger partial charge in [0.15, 0.2) is 11.4 Å². The molecule has 5 nitrogen and oxygen atoms in total. The van der Waals surface area contributed by atoms with Crippen molar-refractivity contribution < 1.29 is 13.9 Å². The largest absolute Gasteiger partial charge is 0.456 e. The summed E-state index contributed by atoms with van der Waals surface area (Å²) in [7, 11) is -3.67. The average Bonchev–Trinajstić information content (AvgIpc) is 3.68. The van der Waals surface area contributed by atoms with Gasteiger partial charge in [0, 0.05) is 10.8 Å². The summed E-state index contributed by atoms with van der Waals surface area (Å²) in [6.07, 6.45) is 0. The molecule has 0 amide bonds. The average molecular weight is 655 g/mol. The van der Waals surface area contributed by atoms with Crippen LogP contribution in [0.5, 0.6) is 11.5 Å². The minimum Gasteiger partial charge on any atom is -0.456 e. The number of ether oxygens (including phenoxy) is 1. The summed E-state index contributed by atoms with van der Waals surface area (Å²) in [4.78, 5) is 0. The van der Waals surface area contributed by atoms with Gasteiger partial charge < -0.3 is 4.74 Å². The van der Waals surface area contributed by atoms with Crippen molar-refractivity contribution in [1.29, 1.82) is 0 Å². The molecule has 1 spiro atoms. The van der Waals surface area contributed by atoms with E-state index in [1.807, 2.05) is 0 Å². The fourth-order valence-corrected chi connectivity index (χ4v) is 13.1. The maximum Gasteiger partial charge on any atom is 0.323 e. The predicted molar refractivity (Wildman–Crippen MR) is 199 cm³/mol. The third kappa shape index (κ3) is 2.53. The summed E-state index contributed by atoms with van der Waals surface area (Å²) in [6.45, 7) is 15.1. The van der Waals surface area contributed by atoms with Crippen LogP contribution in [0.1, 0.15) is 11.1 Å². The first-order chi connectivity index (χ1) is 23.1. The van der Waals surface area contributed by atoms with Gasteiger partial charge in [0.25, 0.3) is 11.3 Å². The Hall–Kier alpha value is -4.99. The number of para-hydroxylation sites is 2. The lowest BCUT2D eigenvalue weighted by molar-refractivity contribution is -0.920. The minimum atomic E-state index is -1.84. The minimum absolute atomic E-state index is 0.637. The topological polar surface area (TPSA) is 26.8 Å². The highest BCUT2D eigenvalue weighted by molar-refractivity contribution is 6.91. The molecule has 12 rings (SSSR count). The van der Waals surface area contributed by atoms with Crippen LogP contribution in [-0.2, 0) is 5.66 Å². The molecule has 48 heavy (non-hydrogen) atoms. The second kappa shape index (κ2) is 7.67. The molecule has 0 aliphatic carbocycles. The van der Waals surface area contributed by atoms with E-state index in [1.54, 1.807) is 0 Å². The molecule has 0 fully saturated rings. The predicted octanol–water partition coefficient (Wildman–Crippen LogP) is 7.56. The van der Waals surface area contributed by atoms with Crippen molar-refractivity contribution in [2.24, 2.45) is 0 Å². The lowest BCUT2D eigenvalue weighted by Gasteiger charge is -2.39. The molecule has 0 unspecified atom stereocenters. The van der Waals surface area contributed by atoms with Crippen LogP contribution in [0, 0.1) is 0 Å². The second-order valence-electron chi connectivity index (χ2n) is 16.2. The lowest BCUT2D eigenvalue weighted by Crippen LogP contribution is -2.75. The quantitative estimate of drug-likeness (QED) is 0.140. The van der Waals surface area contributed by atoms with Gasteiger partial charge in [0.05, 0.1) is 26.9 Å². The maximum absolute atomic E-state index is 7.00. The van der Waals surface area contributed by atoms with Crippen LogP contribution in [0.4, 0.5) is 0 Å². The molecular formula is C41H34N4OSi2+2. The maximum atomic E-state index is 7.00. The Morgan fingerprint density at radius 1 is 0.542 bits per heavy atom. The summed E-state index contributed by atoms with van der Waals surface area (Å²) >= 11 is 0. The van der Waals surface area contributed by atoms with Gasteiger partial charge in [0.1, 0.15) is 45.0 Å². The summed E-state index contributed by atoms with van der Waals surface area (Å²) in [6, 6.07) is 36.7. The second-order valence-corrected chi connectivity index (χ2v) is 26.3. The number of benzene rings is 4. The van der Waals surface area contributed by atoms with Crippen LogP contribution >= 0.6 is 0 Å². The third-order valence-corrected chi connectivity index (χ3v) is 15.7. The first-order valence-electron chi connectivity index (χ1n) is 17.1. The molecule has 8 heterocycles. The van der Waals surface area contributed by atoms with Crippen molar-refractivity contribution >= 4 is 70.4 Å². The fraction of sp³-hybridized carbons (Fsp3) is 0.171. The molecule has 0 saturated heterocycles. The van der Waals surface area contributed by atoms with Gasteiger partial charge in [-0.2, -0.15) is 18.3 Å². The molecule has 4 aliphatic rings. The van der Waals surface area contributed by atoms with Crippen LogP contribution in [0.25, 0.3) is 66.6 Å². The van der Waals surface area contributed by atoms with Crippen LogP contribution in [0.15, 0.2) is 97.1 Å². The van der Waals surface area contributed by atoms with E-state index in [9.17, 15) is 0 Å². The van der Waals surface area contributed by atoms with E-state index >= 15 is 0 Å². The number of hydrogen-bond donors (Lipinski definition) is 0. The molecule has 230 valence electrons. The van der Waals surface area contributed by atoms with E-state index < -0.39 is 21.8 Å². The molecule has 4 aromatic carbocycles. The summed E-state index contributed by atoms with van der Waals surface area (Å²) < 4.78 is 17.6. The Balaban J connectivity index is 1.48. The molecule has 0 atom stereocenters. The van der Waals surface area contributed by atoms with Crippen molar-refractivity contribution in [3.63, 3.8) is 0 Å². The highest BCUT2D eigenvalue weighted by Crippen LogP contribution is 2.57. The van der Waals surface area contributed by atoms with Gasteiger partial charge in [-0.15, -0.1) is 0 Å². The molecule has 7 heteroatoms. The molecule has 4 aliphatic heterocycles. The highest BCUT2D eigenvalue weighted by atomic mass is 28.3. The lowest BCUT2D eigenvalue weighted by atomic mass is 9.82. The van der Waals surface area contributed by atoms with Gasteiger partial charge >= 0.3 is 5.66 Å². The highest BCUT2D eigenvalue weighted by Gasteiger charge is 2.69. The van der Waals surface area contributed by atoms with E-state index in [0.29, 0.717) is 0 Å². The first-order valence-corrected chi connectivity index (χ1v) is 24.1. The number of pyridine rings is 2. The fourth-order valence-electron chi connectivity index (χ4n) is 9.96. The zero-order valence-electron chi connectivity index (χ0n) is 27.9. The van der Waals surface area contributed by atoms with Gasteiger partial charge in [-0.3, -0.25) is 0 Å². The Labute approximate surface area is 279 Å². The number of fused-ring (bicyclic) bond motifs is 9. The zero-order valence-corrected chi connectivity index (χ0v) is 29.9. The molecule has 8 aromatic rings. The van der Waals surface area contributed by atoms with Crippen molar-refractivity contribution in [3.8, 4) is 34.3 Å². The Morgan fingerprint density at radius 3 is 1.42 bits per heavy atom. The van der Waals surface area contributed by atoms with Gasteiger partial charge in [0.2, 0.25) is 0 Å². The Kier molecular flexibility index (Phi) is 4.16. The number of nitrogens with zero attached hydrogens (tertiary/aromatic N) is 4. The molecule has 4 aromatic heterocycles. The third-order valence-electron chi connectivity index (χ3n) is 11.6. The van der Waals surface area contributed by atoms with Crippen LogP contribution in [0.3, 0.4) is 0 Å². The molecular weight excluding hydrogens is 621 g/mol. The van der Waals surface area contributed by atoms with Crippen molar-refractivity contribution in [1.82, 2.24) is 9.13 Å².